The Balaban J connectivity index is 1.66. The number of ether oxygens (including phenoxy) is 1. The molecule has 0 N–H and O–H groups in total. The largest absolute Gasteiger partial charge is 0.457 e. The van der Waals surface area contributed by atoms with E-state index in [1.807, 2.05) is 0 Å². The number of aromatic nitrogens is 1. The quantitative estimate of drug-likeness (QED) is 0.458. The van der Waals surface area contributed by atoms with Gasteiger partial charge in [0, 0.05) is 41.5 Å². The first-order chi connectivity index (χ1) is 14.6. The molecular formula is C21H21F3N2O4S. The molecule has 1 aliphatic heterocycles. The third kappa shape index (κ3) is 5.30. The van der Waals surface area contributed by atoms with Crippen molar-refractivity contribution in [2.45, 2.75) is 26.4 Å². The van der Waals surface area contributed by atoms with E-state index < -0.39 is 30.1 Å². The fraction of sp³-hybridized carbons (Fsp3) is 0.381. The van der Waals surface area contributed by atoms with Crippen molar-refractivity contribution in [2.24, 2.45) is 0 Å². The Kier molecular flexibility index (Phi) is 6.78. The van der Waals surface area contributed by atoms with Gasteiger partial charge in [-0.05, 0) is 38.1 Å². The van der Waals surface area contributed by atoms with E-state index in [-0.39, 0.29) is 29.5 Å². The van der Waals surface area contributed by atoms with Crippen molar-refractivity contribution >= 4 is 28.8 Å². The van der Waals surface area contributed by atoms with Crippen molar-refractivity contribution in [1.29, 1.82) is 0 Å². The number of esters is 1. The number of nitrogens with zero attached hydrogens (tertiary/aromatic N) is 2. The fourth-order valence-electron chi connectivity index (χ4n) is 3.41. The van der Waals surface area contributed by atoms with Gasteiger partial charge >= 0.3 is 12.1 Å². The molecule has 2 aromatic rings. The highest BCUT2D eigenvalue weighted by Gasteiger charge is 2.31. The summed E-state index contributed by atoms with van der Waals surface area (Å²) in [5.74, 6) is -0.356. The van der Waals surface area contributed by atoms with Crippen molar-refractivity contribution < 1.29 is 32.3 Å². The van der Waals surface area contributed by atoms with Crippen LogP contribution in [0.3, 0.4) is 0 Å². The third-order valence-electron chi connectivity index (χ3n) is 4.96. The number of ketones is 1. The van der Waals surface area contributed by atoms with E-state index in [1.54, 1.807) is 29.4 Å². The van der Waals surface area contributed by atoms with Crippen LogP contribution in [0, 0.1) is 13.8 Å². The molecular weight excluding hydrogens is 433 g/mol. The first-order valence-electron chi connectivity index (χ1n) is 9.55. The summed E-state index contributed by atoms with van der Waals surface area (Å²) < 4.78 is 45.7. The molecule has 0 saturated carbocycles. The van der Waals surface area contributed by atoms with Gasteiger partial charge in [0.2, 0.25) is 5.78 Å². The van der Waals surface area contributed by atoms with Crippen LogP contribution in [0.15, 0.2) is 30.3 Å². The van der Waals surface area contributed by atoms with Crippen molar-refractivity contribution in [3.05, 3.63) is 52.8 Å². The summed E-state index contributed by atoms with van der Waals surface area (Å²) in [7, 11) is 0. The van der Waals surface area contributed by atoms with Crippen molar-refractivity contribution in [3.63, 3.8) is 0 Å². The second kappa shape index (κ2) is 9.17. The number of aryl methyl sites for hydroxylation is 1. The van der Waals surface area contributed by atoms with E-state index >= 15 is 0 Å². The van der Waals surface area contributed by atoms with Gasteiger partial charge in [-0.2, -0.15) is 13.2 Å². The summed E-state index contributed by atoms with van der Waals surface area (Å²) in [6.07, 6.45) is -4.49. The van der Waals surface area contributed by atoms with Gasteiger partial charge in [0.25, 0.3) is 5.24 Å². The van der Waals surface area contributed by atoms with Crippen LogP contribution in [0.25, 0.3) is 5.69 Å². The summed E-state index contributed by atoms with van der Waals surface area (Å²) >= 11 is 1.19. The van der Waals surface area contributed by atoms with Gasteiger partial charge in [-0.3, -0.25) is 14.4 Å². The molecule has 2 heterocycles. The molecule has 1 fully saturated rings. The second-order valence-electron chi connectivity index (χ2n) is 7.10. The van der Waals surface area contributed by atoms with Gasteiger partial charge in [-0.1, -0.05) is 17.8 Å². The van der Waals surface area contributed by atoms with Crippen LogP contribution in [-0.4, -0.2) is 51.9 Å². The molecule has 0 aliphatic carbocycles. The van der Waals surface area contributed by atoms with Crippen LogP contribution >= 0.6 is 11.8 Å². The first kappa shape index (κ1) is 22.9. The standard InChI is InChI=1S/C21H21F3N2O4S/c1-13-10-17(14(2)26(13)16-5-3-4-15(11-16)21(22,23)24)18(27)12-30-19(28)6-7-25-8-9-31-20(25)29/h3-5,10-11H,6-9,12H2,1-2H3. The predicted octanol–water partition coefficient (Wildman–Crippen LogP) is 4.40. The zero-order valence-electron chi connectivity index (χ0n) is 17.0. The summed E-state index contributed by atoms with van der Waals surface area (Å²) in [5.41, 5.74) is 0.811. The van der Waals surface area contributed by atoms with E-state index in [1.165, 1.54) is 23.9 Å². The van der Waals surface area contributed by atoms with Gasteiger partial charge < -0.3 is 14.2 Å². The lowest BCUT2D eigenvalue weighted by molar-refractivity contribution is -0.142. The lowest BCUT2D eigenvalue weighted by Gasteiger charge is -2.14. The average Bonchev–Trinajstić information content (AvgIpc) is 3.26. The van der Waals surface area contributed by atoms with E-state index in [2.05, 4.69) is 0 Å². The zero-order chi connectivity index (χ0) is 22.8. The highest BCUT2D eigenvalue weighted by atomic mass is 32.2. The number of benzene rings is 1. The molecule has 1 aromatic heterocycles. The molecule has 0 bridgehead atoms. The smallest absolute Gasteiger partial charge is 0.416 e. The number of Topliss-reactive ketones (excluding diaryl/α,β-unsaturated/α-hetero) is 1. The maximum absolute atomic E-state index is 13.0. The van der Waals surface area contributed by atoms with E-state index in [9.17, 15) is 27.6 Å². The van der Waals surface area contributed by atoms with E-state index in [0.29, 0.717) is 23.7 Å². The van der Waals surface area contributed by atoms with Crippen molar-refractivity contribution in [2.75, 3.05) is 25.4 Å². The number of hydrogen-bond donors (Lipinski definition) is 0. The molecule has 0 radical (unpaired) electrons. The molecule has 0 atom stereocenters. The summed E-state index contributed by atoms with van der Waals surface area (Å²) in [6, 6.07) is 6.40. The molecule has 10 heteroatoms. The summed E-state index contributed by atoms with van der Waals surface area (Å²) in [5, 5.41) is -0.0779. The number of amides is 1. The molecule has 3 rings (SSSR count). The molecule has 1 aliphatic rings. The highest BCUT2D eigenvalue weighted by Crippen LogP contribution is 2.31. The van der Waals surface area contributed by atoms with Gasteiger partial charge in [0.1, 0.15) is 0 Å². The molecule has 1 aromatic carbocycles. The molecule has 0 spiro atoms. The fourth-order valence-corrected chi connectivity index (χ4v) is 4.27. The number of thioether (sulfide) groups is 1. The van der Waals surface area contributed by atoms with Crippen LogP contribution < -0.4 is 0 Å². The molecule has 166 valence electrons. The topological polar surface area (TPSA) is 68.6 Å². The predicted molar refractivity (Wildman–Crippen MR) is 110 cm³/mol. The Morgan fingerprint density at radius 2 is 1.94 bits per heavy atom. The molecule has 1 amide bonds. The van der Waals surface area contributed by atoms with Gasteiger partial charge in [0.15, 0.2) is 6.61 Å². The van der Waals surface area contributed by atoms with Crippen molar-refractivity contribution in [1.82, 2.24) is 9.47 Å². The number of rotatable bonds is 7. The summed E-state index contributed by atoms with van der Waals surface area (Å²) in [6.45, 7) is 3.65. The Bertz CT molecular complexity index is 1020. The van der Waals surface area contributed by atoms with Crippen molar-refractivity contribution in [3.8, 4) is 5.69 Å². The maximum Gasteiger partial charge on any atom is 0.416 e. The van der Waals surface area contributed by atoms with Gasteiger partial charge in [-0.15, -0.1) is 0 Å². The number of halogens is 3. The molecule has 0 unspecified atom stereocenters. The SMILES string of the molecule is Cc1cc(C(=O)COC(=O)CCN2CCSC2=O)c(C)n1-c1cccc(C(F)(F)F)c1. The number of hydrogen-bond acceptors (Lipinski definition) is 5. The normalized spacial score (nSPS) is 14.2. The van der Waals surface area contributed by atoms with Crippen LogP contribution in [0.1, 0.15) is 33.7 Å². The second-order valence-corrected chi connectivity index (χ2v) is 8.15. The lowest BCUT2D eigenvalue weighted by Crippen LogP contribution is -2.27. The Hall–Kier alpha value is -2.75. The Morgan fingerprint density at radius 3 is 2.58 bits per heavy atom. The lowest BCUT2D eigenvalue weighted by atomic mass is 10.1. The van der Waals surface area contributed by atoms with Crippen LogP contribution in [0.2, 0.25) is 0 Å². The molecule has 1 saturated heterocycles. The van der Waals surface area contributed by atoms with Crippen LogP contribution in [0.5, 0.6) is 0 Å². The Morgan fingerprint density at radius 1 is 1.19 bits per heavy atom. The van der Waals surface area contributed by atoms with E-state index in [0.717, 1.165) is 12.1 Å². The van der Waals surface area contributed by atoms with Gasteiger partial charge in [-0.25, -0.2) is 0 Å². The summed E-state index contributed by atoms with van der Waals surface area (Å²) in [4.78, 5) is 37.6. The first-order valence-corrected chi connectivity index (χ1v) is 10.5. The number of carbonyl (C=O) groups is 3. The zero-order valence-corrected chi connectivity index (χ0v) is 17.8. The van der Waals surface area contributed by atoms with Crippen LogP contribution in [-0.2, 0) is 15.7 Å². The average molecular weight is 454 g/mol. The monoisotopic (exact) mass is 454 g/mol. The number of carbonyl (C=O) groups excluding carboxylic acids is 3. The molecule has 6 nitrogen and oxygen atoms in total. The highest BCUT2D eigenvalue weighted by molar-refractivity contribution is 8.13. The van der Waals surface area contributed by atoms with E-state index in [4.69, 9.17) is 4.74 Å². The molecule has 31 heavy (non-hydrogen) atoms. The van der Waals surface area contributed by atoms with Crippen LogP contribution in [0.4, 0.5) is 18.0 Å². The Labute approximate surface area is 181 Å². The van der Waals surface area contributed by atoms with Gasteiger partial charge in [0.05, 0.1) is 12.0 Å². The minimum Gasteiger partial charge on any atom is -0.457 e. The minimum atomic E-state index is -4.48. The number of alkyl halides is 3. The maximum atomic E-state index is 13.0. The third-order valence-corrected chi connectivity index (χ3v) is 5.85. The minimum absolute atomic E-state index is 0.0111.